The molecule has 0 fully saturated rings. The number of aryl methyl sites for hydroxylation is 2. The van der Waals surface area contributed by atoms with E-state index in [9.17, 15) is 0 Å². The lowest BCUT2D eigenvalue weighted by molar-refractivity contribution is 1.09. The predicted molar refractivity (Wildman–Crippen MR) is 48.7 cm³/mol. The van der Waals surface area contributed by atoms with E-state index >= 15 is 0 Å². The van der Waals surface area contributed by atoms with Gasteiger partial charge in [0.25, 0.3) is 0 Å². The van der Waals surface area contributed by atoms with Gasteiger partial charge in [-0.05, 0) is 24.0 Å². The van der Waals surface area contributed by atoms with Crippen molar-refractivity contribution in [3.63, 3.8) is 0 Å². The maximum Gasteiger partial charge on any atom is 0.100 e. The summed E-state index contributed by atoms with van der Waals surface area (Å²) in [5.74, 6) is 0. The maximum absolute atomic E-state index is 8.79. The fraction of sp³-hybridized carbons (Fsp3) is 0.364. The number of rotatable bonds is 2. The molecule has 0 bridgehead atoms. The summed E-state index contributed by atoms with van der Waals surface area (Å²) in [6, 6.07) is 9.33. The molecule has 1 nitrogen and oxygen atoms in total. The lowest BCUT2D eigenvalue weighted by atomic mass is 10.0. The first kappa shape index (κ1) is 8.80. The van der Waals surface area contributed by atoms with Crippen molar-refractivity contribution in [3.05, 3.63) is 34.9 Å². The van der Waals surface area contributed by atoms with E-state index in [1.807, 2.05) is 12.1 Å². The molecular formula is C11H12N. The van der Waals surface area contributed by atoms with Crippen LogP contribution in [-0.4, -0.2) is 0 Å². The van der Waals surface area contributed by atoms with Crippen molar-refractivity contribution >= 4 is 0 Å². The van der Waals surface area contributed by atoms with E-state index in [0.29, 0.717) is 5.56 Å². The van der Waals surface area contributed by atoms with Crippen molar-refractivity contribution in [1.82, 2.24) is 0 Å². The van der Waals surface area contributed by atoms with Crippen LogP contribution in [0.2, 0.25) is 0 Å². The van der Waals surface area contributed by atoms with Gasteiger partial charge in [0.1, 0.15) is 6.07 Å². The molecule has 0 saturated heterocycles. The Morgan fingerprint density at radius 2 is 2.08 bits per heavy atom. The van der Waals surface area contributed by atoms with Crippen LogP contribution in [0.4, 0.5) is 0 Å². The minimum absolute atomic E-state index is 0.705. The Balaban J connectivity index is 3.13. The molecular weight excluding hydrogens is 146 g/mol. The highest BCUT2D eigenvalue weighted by molar-refractivity contribution is 5.39. The molecule has 1 aromatic carbocycles. The summed E-state index contributed by atoms with van der Waals surface area (Å²) in [6.45, 7) is 4.12. The molecule has 0 N–H and O–H groups in total. The SMILES string of the molecule is CCc1[c]c(C#N)c(CC)cc1. The fourth-order valence-electron chi connectivity index (χ4n) is 1.17. The molecule has 61 valence electrons. The quantitative estimate of drug-likeness (QED) is 0.648. The summed E-state index contributed by atoms with van der Waals surface area (Å²) in [5, 5.41) is 8.79. The van der Waals surface area contributed by atoms with Crippen LogP contribution in [0.1, 0.15) is 30.5 Å². The molecule has 0 aromatic heterocycles. The Hall–Kier alpha value is -1.29. The zero-order chi connectivity index (χ0) is 8.97. The largest absolute Gasteiger partial charge is 0.192 e. The molecule has 1 rings (SSSR count). The van der Waals surface area contributed by atoms with Gasteiger partial charge in [-0.1, -0.05) is 26.0 Å². The average molecular weight is 158 g/mol. The number of benzene rings is 1. The van der Waals surface area contributed by atoms with Gasteiger partial charge in [0.15, 0.2) is 0 Å². The molecule has 1 aromatic rings. The normalized spacial score (nSPS) is 9.42. The molecule has 1 heteroatoms. The third kappa shape index (κ3) is 1.65. The smallest absolute Gasteiger partial charge is 0.100 e. The minimum atomic E-state index is 0.705. The van der Waals surface area contributed by atoms with Gasteiger partial charge in [0.2, 0.25) is 0 Å². The second-order valence-corrected chi connectivity index (χ2v) is 2.70. The van der Waals surface area contributed by atoms with Crippen LogP contribution in [0.25, 0.3) is 0 Å². The first-order valence-corrected chi connectivity index (χ1v) is 4.26. The summed E-state index contributed by atoms with van der Waals surface area (Å²) >= 11 is 0. The topological polar surface area (TPSA) is 23.8 Å². The van der Waals surface area contributed by atoms with Crippen LogP contribution in [0.15, 0.2) is 12.1 Å². The van der Waals surface area contributed by atoms with Gasteiger partial charge in [0, 0.05) is 6.07 Å². The Labute approximate surface area is 73.6 Å². The van der Waals surface area contributed by atoms with Crippen LogP contribution < -0.4 is 0 Å². The van der Waals surface area contributed by atoms with Gasteiger partial charge >= 0.3 is 0 Å². The Morgan fingerprint density at radius 1 is 1.33 bits per heavy atom. The van der Waals surface area contributed by atoms with Gasteiger partial charge < -0.3 is 0 Å². The molecule has 0 atom stereocenters. The molecule has 0 aliphatic rings. The molecule has 12 heavy (non-hydrogen) atoms. The summed E-state index contributed by atoms with van der Waals surface area (Å²) in [6.07, 6.45) is 1.85. The van der Waals surface area contributed by atoms with Crippen molar-refractivity contribution in [2.75, 3.05) is 0 Å². The van der Waals surface area contributed by atoms with Gasteiger partial charge in [-0.15, -0.1) is 0 Å². The van der Waals surface area contributed by atoms with Gasteiger partial charge in [-0.3, -0.25) is 0 Å². The fourth-order valence-corrected chi connectivity index (χ4v) is 1.17. The second-order valence-electron chi connectivity index (χ2n) is 2.70. The molecule has 0 aliphatic heterocycles. The highest BCUT2D eigenvalue weighted by Crippen LogP contribution is 2.11. The number of nitrogens with zero attached hydrogens (tertiary/aromatic N) is 1. The summed E-state index contributed by atoms with van der Waals surface area (Å²) in [4.78, 5) is 0. The van der Waals surface area contributed by atoms with E-state index in [1.165, 1.54) is 0 Å². The van der Waals surface area contributed by atoms with Crippen molar-refractivity contribution in [1.29, 1.82) is 5.26 Å². The highest BCUT2D eigenvalue weighted by atomic mass is 14.2. The van der Waals surface area contributed by atoms with E-state index in [4.69, 9.17) is 5.26 Å². The first-order valence-electron chi connectivity index (χ1n) is 4.26. The standard InChI is InChI=1S/C11H12N/c1-3-9-5-6-10(4-2)11(7-9)8-12/h5-6H,3-4H2,1-2H3. The minimum Gasteiger partial charge on any atom is -0.192 e. The zero-order valence-corrected chi connectivity index (χ0v) is 7.52. The molecule has 0 saturated carbocycles. The number of nitriles is 1. The van der Waals surface area contributed by atoms with E-state index in [1.54, 1.807) is 0 Å². The van der Waals surface area contributed by atoms with Gasteiger partial charge in [-0.2, -0.15) is 5.26 Å². The van der Waals surface area contributed by atoms with Crippen LogP contribution in [0.5, 0.6) is 0 Å². The van der Waals surface area contributed by atoms with Gasteiger partial charge in [0.05, 0.1) is 5.56 Å². The number of hydrogen-bond acceptors (Lipinski definition) is 1. The monoisotopic (exact) mass is 158 g/mol. The van der Waals surface area contributed by atoms with Crippen molar-refractivity contribution < 1.29 is 0 Å². The predicted octanol–water partition coefficient (Wildman–Crippen LogP) is 2.48. The van der Waals surface area contributed by atoms with Crippen LogP contribution in [-0.2, 0) is 12.8 Å². The first-order chi connectivity index (χ1) is 5.81. The van der Waals surface area contributed by atoms with E-state index in [2.05, 4.69) is 26.0 Å². The number of hydrogen-bond donors (Lipinski definition) is 0. The molecule has 0 amide bonds. The molecule has 0 heterocycles. The molecule has 1 radical (unpaired) electrons. The maximum atomic E-state index is 8.79. The Bertz CT molecular complexity index is 307. The van der Waals surface area contributed by atoms with Gasteiger partial charge in [-0.25, -0.2) is 0 Å². The second kappa shape index (κ2) is 3.92. The molecule has 0 unspecified atom stereocenters. The molecule has 0 spiro atoms. The highest BCUT2D eigenvalue weighted by Gasteiger charge is 2.00. The summed E-state index contributed by atoms with van der Waals surface area (Å²) in [5.41, 5.74) is 2.91. The third-order valence-electron chi connectivity index (χ3n) is 1.97. The Morgan fingerprint density at radius 3 is 2.58 bits per heavy atom. The van der Waals surface area contributed by atoms with Crippen molar-refractivity contribution in [2.24, 2.45) is 0 Å². The lowest BCUT2D eigenvalue weighted by Gasteiger charge is -2.01. The lowest BCUT2D eigenvalue weighted by Crippen LogP contribution is -1.90. The van der Waals surface area contributed by atoms with E-state index in [-0.39, 0.29) is 0 Å². The summed E-state index contributed by atoms with van der Waals surface area (Å²) in [7, 11) is 0. The van der Waals surface area contributed by atoms with Crippen LogP contribution >= 0.6 is 0 Å². The Kier molecular flexibility index (Phi) is 2.88. The van der Waals surface area contributed by atoms with Crippen molar-refractivity contribution in [2.45, 2.75) is 26.7 Å². The van der Waals surface area contributed by atoms with Crippen LogP contribution in [0.3, 0.4) is 0 Å². The van der Waals surface area contributed by atoms with E-state index < -0.39 is 0 Å². The zero-order valence-electron chi connectivity index (χ0n) is 7.52. The van der Waals surface area contributed by atoms with Crippen molar-refractivity contribution in [3.8, 4) is 6.07 Å². The molecule has 0 aliphatic carbocycles. The van der Waals surface area contributed by atoms with Crippen LogP contribution in [0, 0.1) is 17.4 Å². The van der Waals surface area contributed by atoms with E-state index in [0.717, 1.165) is 24.0 Å². The third-order valence-corrected chi connectivity index (χ3v) is 1.97. The summed E-state index contributed by atoms with van der Waals surface area (Å²) < 4.78 is 0. The average Bonchev–Trinajstić information content (AvgIpc) is 2.16.